The molecule has 0 saturated carbocycles. The number of nitrogens with one attached hydrogen (secondary N) is 2. The van der Waals surface area contributed by atoms with E-state index in [1.54, 1.807) is 30.5 Å². The second kappa shape index (κ2) is 6.80. The molecule has 0 aliphatic carbocycles. The number of para-hydroxylation sites is 1. The van der Waals surface area contributed by atoms with Gasteiger partial charge in [-0.1, -0.05) is 40.2 Å². The Labute approximate surface area is 147 Å². The first-order chi connectivity index (χ1) is 11.5. The second-order valence-electron chi connectivity index (χ2n) is 5.25. The lowest BCUT2D eigenvalue weighted by Crippen LogP contribution is -2.29. The fourth-order valence-corrected chi connectivity index (χ4v) is 2.62. The Kier molecular flexibility index (Phi) is 4.57. The number of anilines is 2. The van der Waals surface area contributed by atoms with Crippen molar-refractivity contribution in [2.24, 2.45) is 0 Å². The van der Waals surface area contributed by atoms with Crippen molar-refractivity contribution in [3.05, 3.63) is 64.8 Å². The van der Waals surface area contributed by atoms with E-state index in [1.807, 2.05) is 31.2 Å². The SMILES string of the molecule is Cc1ccc(NC(=O)C(=O)Nc2cccc3cccnc23)cc1Br. The van der Waals surface area contributed by atoms with Crippen molar-refractivity contribution in [1.82, 2.24) is 4.98 Å². The van der Waals surface area contributed by atoms with E-state index in [0.717, 1.165) is 15.4 Å². The van der Waals surface area contributed by atoms with E-state index >= 15 is 0 Å². The quantitative estimate of drug-likeness (QED) is 0.659. The molecule has 2 N–H and O–H groups in total. The second-order valence-corrected chi connectivity index (χ2v) is 6.11. The maximum Gasteiger partial charge on any atom is 0.314 e. The molecule has 0 saturated heterocycles. The summed E-state index contributed by atoms with van der Waals surface area (Å²) in [4.78, 5) is 28.5. The molecule has 0 aliphatic heterocycles. The molecular formula is C18H14BrN3O2. The van der Waals surface area contributed by atoms with E-state index in [2.05, 4.69) is 31.5 Å². The Morgan fingerprint density at radius 1 is 1.00 bits per heavy atom. The monoisotopic (exact) mass is 383 g/mol. The minimum atomic E-state index is -0.746. The number of hydrogen-bond acceptors (Lipinski definition) is 3. The first-order valence-corrected chi connectivity index (χ1v) is 8.06. The smallest absolute Gasteiger partial charge is 0.314 e. The highest BCUT2D eigenvalue weighted by Gasteiger charge is 2.15. The van der Waals surface area contributed by atoms with Crippen molar-refractivity contribution in [2.75, 3.05) is 10.6 Å². The minimum absolute atomic E-state index is 0.498. The van der Waals surface area contributed by atoms with Gasteiger partial charge in [-0.05, 0) is 36.8 Å². The largest absolute Gasteiger partial charge is 0.318 e. The summed E-state index contributed by atoms with van der Waals surface area (Å²) in [5.74, 6) is -1.48. The molecule has 0 spiro atoms. The van der Waals surface area contributed by atoms with Gasteiger partial charge in [0, 0.05) is 21.7 Å². The van der Waals surface area contributed by atoms with Crippen LogP contribution in [0, 0.1) is 6.92 Å². The van der Waals surface area contributed by atoms with Gasteiger partial charge in [-0.2, -0.15) is 0 Å². The zero-order chi connectivity index (χ0) is 17.1. The molecule has 1 aromatic heterocycles. The first-order valence-electron chi connectivity index (χ1n) is 7.27. The van der Waals surface area contributed by atoms with E-state index in [1.165, 1.54) is 0 Å². The van der Waals surface area contributed by atoms with Crippen LogP contribution in [-0.4, -0.2) is 16.8 Å². The molecule has 5 nitrogen and oxygen atoms in total. The number of halogens is 1. The van der Waals surface area contributed by atoms with Crippen LogP contribution in [0.1, 0.15) is 5.56 Å². The third-order valence-electron chi connectivity index (χ3n) is 3.52. The average Bonchev–Trinajstić information content (AvgIpc) is 2.58. The molecule has 0 unspecified atom stereocenters. The van der Waals surface area contributed by atoms with Gasteiger partial charge in [0.05, 0.1) is 11.2 Å². The third kappa shape index (κ3) is 3.44. The molecule has 3 rings (SSSR count). The number of nitrogens with zero attached hydrogens (tertiary/aromatic N) is 1. The zero-order valence-electron chi connectivity index (χ0n) is 12.8. The number of hydrogen-bond donors (Lipinski definition) is 2. The van der Waals surface area contributed by atoms with Gasteiger partial charge in [-0.15, -0.1) is 0 Å². The molecule has 0 bridgehead atoms. The van der Waals surface area contributed by atoms with Crippen LogP contribution < -0.4 is 10.6 Å². The molecule has 0 radical (unpaired) electrons. The molecule has 3 aromatic rings. The summed E-state index contributed by atoms with van der Waals surface area (Å²) >= 11 is 3.39. The van der Waals surface area contributed by atoms with Gasteiger partial charge in [0.25, 0.3) is 0 Å². The highest BCUT2D eigenvalue weighted by molar-refractivity contribution is 9.10. The van der Waals surface area contributed by atoms with Crippen molar-refractivity contribution in [2.45, 2.75) is 6.92 Å². The Morgan fingerprint density at radius 2 is 1.75 bits per heavy atom. The van der Waals surface area contributed by atoms with Crippen molar-refractivity contribution in [3.63, 3.8) is 0 Å². The van der Waals surface area contributed by atoms with Gasteiger partial charge in [-0.25, -0.2) is 0 Å². The fraction of sp³-hybridized carbons (Fsp3) is 0.0556. The van der Waals surface area contributed by atoms with Crippen molar-refractivity contribution in [1.29, 1.82) is 0 Å². The summed E-state index contributed by atoms with van der Waals surface area (Å²) in [5.41, 5.74) is 2.72. The standard InChI is InChI=1S/C18H14BrN3O2/c1-11-7-8-13(10-14(11)19)21-17(23)18(24)22-15-6-2-4-12-5-3-9-20-16(12)15/h2-10H,1H3,(H,21,23)(H,22,24). The van der Waals surface area contributed by atoms with Gasteiger partial charge in [0.1, 0.15) is 0 Å². The summed E-state index contributed by atoms with van der Waals surface area (Å²) in [5, 5.41) is 6.07. The van der Waals surface area contributed by atoms with Crippen LogP contribution in [-0.2, 0) is 9.59 Å². The van der Waals surface area contributed by atoms with E-state index in [4.69, 9.17) is 0 Å². The summed E-state index contributed by atoms with van der Waals surface area (Å²) in [6.07, 6.45) is 1.64. The van der Waals surface area contributed by atoms with Crippen molar-refractivity contribution >= 4 is 50.0 Å². The van der Waals surface area contributed by atoms with Gasteiger partial charge < -0.3 is 10.6 Å². The summed E-state index contributed by atoms with van der Waals surface area (Å²) in [6, 6.07) is 14.5. The van der Waals surface area contributed by atoms with E-state index in [9.17, 15) is 9.59 Å². The number of benzene rings is 2. The number of carbonyl (C=O) groups excluding carboxylic acids is 2. The molecule has 0 fully saturated rings. The normalized spacial score (nSPS) is 10.4. The topological polar surface area (TPSA) is 71.1 Å². The minimum Gasteiger partial charge on any atom is -0.318 e. The number of pyridine rings is 1. The van der Waals surface area contributed by atoms with Crippen LogP contribution in [0.15, 0.2) is 59.2 Å². The van der Waals surface area contributed by atoms with Gasteiger partial charge in [-0.3, -0.25) is 14.6 Å². The highest BCUT2D eigenvalue weighted by Crippen LogP contribution is 2.22. The summed E-state index contributed by atoms with van der Waals surface area (Å²) < 4.78 is 0.860. The molecule has 0 aliphatic rings. The van der Waals surface area contributed by atoms with Crippen molar-refractivity contribution < 1.29 is 9.59 Å². The first kappa shape index (κ1) is 16.1. The summed E-state index contributed by atoms with van der Waals surface area (Å²) in [7, 11) is 0. The molecule has 1 heterocycles. The van der Waals surface area contributed by atoms with E-state index < -0.39 is 11.8 Å². The highest BCUT2D eigenvalue weighted by atomic mass is 79.9. The Hall–Kier alpha value is -2.73. The van der Waals surface area contributed by atoms with Crippen LogP contribution in [0.4, 0.5) is 11.4 Å². The number of fused-ring (bicyclic) bond motifs is 1. The zero-order valence-corrected chi connectivity index (χ0v) is 14.4. The molecule has 2 aromatic carbocycles. The van der Waals surface area contributed by atoms with Gasteiger partial charge >= 0.3 is 11.8 Å². The number of carbonyl (C=O) groups is 2. The average molecular weight is 384 g/mol. The number of rotatable bonds is 2. The Bertz CT molecular complexity index is 935. The maximum absolute atomic E-state index is 12.1. The van der Waals surface area contributed by atoms with E-state index in [0.29, 0.717) is 16.9 Å². The lowest BCUT2D eigenvalue weighted by atomic mass is 10.2. The fourth-order valence-electron chi connectivity index (χ4n) is 2.24. The van der Waals surface area contributed by atoms with Crippen molar-refractivity contribution in [3.8, 4) is 0 Å². The Balaban J connectivity index is 1.76. The molecule has 24 heavy (non-hydrogen) atoms. The maximum atomic E-state index is 12.1. The molecular weight excluding hydrogens is 370 g/mol. The number of amides is 2. The predicted octanol–water partition coefficient (Wildman–Crippen LogP) is 3.88. The van der Waals surface area contributed by atoms with Gasteiger partial charge in [0.2, 0.25) is 0 Å². The molecule has 120 valence electrons. The summed E-state index contributed by atoms with van der Waals surface area (Å²) in [6.45, 7) is 1.94. The van der Waals surface area contributed by atoms with Gasteiger partial charge in [0.15, 0.2) is 0 Å². The van der Waals surface area contributed by atoms with Crippen LogP contribution in [0.25, 0.3) is 10.9 Å². The lowest BCUT2D eigenvalue weighted by molar-refractivity contribution is -0.132. The number of aryl methyl sites for hydroxylation is 1. The van der Waals surface area contributed by atoms with E-state index in [-0.39, 0.29) is 0 Å². The van der Waals surface area contributed by atoms with Crippen LogP contribution in [0.2, 0.25) is 0 Å². The Morgan fingerprint density at radius 3 is 2.54 bits per heavy atom. The van der Waals surface area contributed by atoms with Crippen LogP contribution >= 0.6 is 15.9 Å². The molecule has 6 heteroatoms. The third-order valence-corrected chi connectivity index (χ3v) is 4.37. The number of aromatic nitrogens is 1. The molecule has 0 atom stereocenters. The molecule has 2 amide bonds. The lowest BCUT2D eigenvalue weighted by Gasteiger charge is -2.09. The van der Waals surface area contributed by atoms with Crippen LogP contribution in [0.5, 0.6) is 0 Å². The van der Waals surface area contributed by atoms with Crippen LogP contribution in [0.3, 0.4) is 0 Å². The predicted molar refractivity (Wildman–Crippen MR) is 97.9 cm³/mol.